The van der Waals surface area contributed by atoms with Crippen molar-refractivity contribution in [2.24, 2.45) is 11.8 Å². The lowest BCUT2D eigenvalue weighted by Crippen LogP contribution is -2.22. The highest BCUT2D eigenvalue weighted by atomic mass is 19.3. The molecule has 0 amide bonds. The number of alkyl halides is 6. The zero-order chi connectivity index (χ0) is 42.4. The third kappa shape index (κ3) is 13.0. The van der Waals surface area contributed by atoms with E-state index in [4.69, 9.17) is 0 Å². The number of rotatable bonds is 17. The average Bonchev–Trinajstić information content (AvgIpc) is 3.26. The first-order valence-corrected chi connectivity index (χ1v) is 22.8. The Balaban J connectivity index is 0.000000224. The lowest BCUT2D eigenvalue weighted by molar-refractivity contribution is -0.0810. The summed E-state index contributed by atoms with van der Waals surface area (Å²) in [7, 11) is 0. The van der Waals surface area contributed by atoms with Gasteiger partial charge < -0.3 is 0 Å². The molecule has 59 heavy (non-hydrogen) atoms. The Kier molecular flexibility index (Phi) is 17.6. The average molecular weight is 819 g/mol. The van der Waals surface area contributed by atoms with Gasteiger partial charge in [0.25, 0.3) is 11.8 Å². The summed E-state index contributed by atoms with van der Waals surface area (Å²) >= 11 is 0. The molecule has 6 heteroatoms. The van der Waals surface area contributed by atoms with E-state index in [0.29, 0.717) is 11.8 Å². The van der Waals surface area contributed by atoms with Crippen LogP contribution in [0.1, 0.15) is 183 Å². The SMILES string of the molecule is CCCC1CCC(c2ccc(-c3ccc(C(F)C(F)(F)CCC)cc3)cc2)CC1.CCCCC1CCC(c2ccc(-c3ccc(C(F)C(F)(F)CCC)cc3)cc2)CC1. The van der Waals surface area contributed by atoms with E-state index in [2.05, 4.69) is 62.4 Å². The number of unbranched alkanes of at least 4 members (excludes halogenated alkanes) is 1. The first-order chi connectivity index (χ1) is 28.4. The van der Waals surface area contributed by atoms with Crippen LogP contribution in [0.3, 0.4) is 0 Å². The Morgan fingerprint density at radius 3 is 1.05 bits per heavy atom. The quantitative estimate of drug-likeness (QED) is 0.0931. The van der Waals surface area contributed by atoms with Gasteiger partial charge in [-0.05, 0) is 120 Å². The number of hydrogen-bond acceptors (Lipinski definition) is 0. The van der Waals surface area contributed by atoms with Crippen LogP contribution in [0.15, 0.2) is 97.1 Å². The van der Waals surface area contributed by atoms with Crippen molar-refractivity contribution in [1.29, 1.82) is 0 Å². The first kappa shape index (κ1) is 46.5. The van der Waals surface area contributed by atoms with Crippen molar-refractivity contribution in [2.75, 3.05) is 0 Å². The highest BCUT2D eigenvalue weighted by molar-refractivity contribution is 5.65. The molecule has 2 atom stereocenters. The van der Waals surface area contributed by atoms with Crippen molar-refractivity contribution in [1.82, 2.24) is 0 Å². The molecule has 0 aromatic heterocycles. The molecule has 2 saturated carbocycles. The summed E-state index contributed by atoms with van der Waals surface area (Å²) in [5.74, 6) is -3.53. The van der Waals surface area contributed by atoms with Crippen LogP contribution < -0.4 is 0 Å². The third-order valence-electron chi connectivity index (χ3n) is 13.1. The zero-order valence-electron chi connectivity index (χ0n) is 36.0. The van der Waals surface area contributed by atoms with Crippen LogP contribution in [0.25, 0.3) is 22.3 Å². The van der Waals surface area contributed by atoms with Gasteiger partial charge in [-0.1, -0.05) is 170 Å². The van der Waals surface area contributed by atoms with Crippen LogP contribution in [-0.2, 0) is 0 Å². The highest BCUT2D eigenvalue weighted by Crippen LogP contribution is 2.42. The molecule has 0 nitrogen and oxygen atoms in total. The number of benzene rings is 4. The standard InChI is InChI=1S/C27H35F3.C26H33F3/c1-3-5-6-20-7-9-21(10-8-20)22-11-13-23(14-12-22)24-15-17-25(18-16-24)26(28)27(29,30)19-4-2;1-3-5-19-6-8-20(9-7-19)21-10-12-22(13-11-21)23-14-16-24(17-15-23)25(27)26(28,29)18-4-2/h11-18,20-21,26H,3-10,19H2,1-2H3;10-17,19-20,25H,3-9,18H2,1-2H3. The second-order valence-electron chi connectivity index (χ2n) is 17.6. The van der Waals surface area contributed by atoms with E-state index < -0.39 is 37.0 Å². The van der Waals surface area contributed by atoms with Gasteiger partial charge in [0, 0.05) is 12.8 Å². The molecule has 2 unspecified atom stereocenters. The third-order valence-corrected chi connectivity index (χ3v) is 13.1. The maximum absolute atomic E-state index is 14.2. The van der Waals surface area contributed by atoms with E-state index in [1.54, 1.807) is 38.1 Å². The molecule has 6 rings (SSSR count). The van der Waals surface area contributed by atoms with Gasteiger partial charge in [-0.2, -0.15) is 0 Å². The first-order valence-electron chi connectivity index (χ1n) is 22.8. The minimum absolute atomic E-state index is 0.0488. The summed E-state index contributed by atoms with van der Waals surface area (Å²) in [4.78, 5) is 0. The molecule has 4 aromatic rings. The zero-order valence-corrected chi connectivity index (χ0v) is 36.0. The number of halogens is 6. The summed E-state index contributed by atoms with van der Waals surface area (Å²) < 4.78 is 83.9. The fourth-order valence-electron chi connectivity index (χ4n) is 9.46. The van der Waals surface area contributed by atoms with Gasteiger partial charge in [0.05, 0.1) is 0 Å². The van der Waals surface area contributed by atoms with E-state index in [9.17, 15) is 26.3 Å². The normalized spacial score (nSPS) is 21.0. The topological polar surface area (TPSA) is 0 Å². The van der Waals surface area contributed by atoms with Crippen molar-refractivity contribution < 1.29 is 26.3 Å². The van der Waals surface area contributed by atoms with Gasteiger partial charge in [0.1, 0.15) is 0 Å². The molecular formula is C53H68F6. The summed E-state index contributed by atoms with van der Waals surface area (Å²) in [5, 5.41) is 0. The van der Waals surface area contributed by atoms with E-state index in [0.717, 1.165) is 34.1 Å². The molecule has 2 aliphatic carbocycles. The monoisotopic (exact) mass is 819 g/mol. The molecule has 0 aliphatic heterocycles. The van der Waals surface area contributed by atoms with Crippen LogP contribution >= 0.6 is 0 Å². The number of hydrogen-bond donors (Lipinski definition) is 0. The summed E-state index contributed by atoms with van der Waals surface area (Å²) in [6, 6.07) is 30.2. The van der Waals surface area contributed by atoms with Crippen molar-refractivity contribution in [2.45, 2.75) is 173 Å². The maximum Gasteiger partial charge on any atom is 0.282 e. The largest absolute Gasteiger partial charge is 0.282 e. The molecule has 2 aliphatic rings. The van der Waals surface area contributed by atoms with Crippen LogP contribution in [0.5, 0.6) is 0 Å². The molecule has 4 aromatic carbocycles. The lowest BCUT2D eigenvalue weighted by atomic mass is 9.77. The van der Waals surface area contributed by atoms with Gasteiger partial charge in [0.15, 0.2) is 12.3 Å². The Morgan fingerprint density at radius 2 is 0.746 bits per heavy atom. The predicted octanol–water partition coefficient (Wildman–Crippen LogP) is 18.1. The molecular weight excluding hydrogens is 751 g/mol. The van der Waals surface area contributed by atoms with E-state index in [1.807, 2.05) is 0 Å². The van der Waals surface area contributed by atoms with Crippen LogP contribution in [0.2, 0.25) is 0 Å². The van der Waals surface area contributed by atoms with Gasteiger partial charge >= 0.3 is 0 Å². The lowest BCUT2D eigenvalue weighted by Gasteiger charge is -2.29. The predicted molar refractivity (Wildman–Crippen MR) is 235 cm³/mol. The van der Waals surface area contributed by atoms with Gasteiger partial charge in [-0.25, -0.2) is 26.3 Å². The van der Waals surface area contributed by atoms with Crippen LogP contribution in [-0.4, -0.2) is 11.8 Å². The minimum atomic E-state index is -3.31. The van der Waals surface area contributed by atoms with Crippen molar-refractivity contribution in [3.05, 3.63) is 119 Å². The van der Waals surface area contributed by atoms with E-state index >= 15 is 0 Å². The highest BCUT2D eigenvalue weighted by Gasteiger charge is 2.41. The Morgan fingerprint density at radius 1 is 0.424 bits per heavy atom. The van der Waals surface area contributed by atoms with Crippen LogP contribution in [0, 0.1) is 11.8 Å². The van der Waals surface area contributed by atoms with Gasteiger partial charge in [-0.3, -0.25) is 0 Å². The fraction of sp³-hybridized carbons (Fsp3) is 0.547. The molecule has 0 N–H and O–H groups in total. The van der Waals surface area contributed by atoms with E-state index in [-0.39, 0.29) is 24.0 Å². The van der Waals surface area contributed by atoms with E-state index in [1.165, 1.54) is 119 Å². The Hall–Kier alpha value is -3.54. The van der Waals surface area contributed by atoms with Crippen LogP contribution in [0.4, 0.5) is 26.3 Å². The molecule has 0 spiro atoms. The second kappa shape index (κ2) is 22.3. The molecule has 0 saturated heterocycles. The molecule has 322 valence electrons. The van der Waals surface area contributed by atoms with Gasteiger partial charge in [-0.15, -0.1) is 0 Å². The molecule has 0 bridgehead atoms. The summed E-state index contributed by atoms with van der Waals surface area (Å²) in [6.45, 7) is 7.82. The van der Waals surface area contributed by atoms with Crippen molar-refractivity contribution >= 4 is 0 Å². The minimum Gasteiger partial charge on any atom is -0.236 e. The molecule has 2 fully saturated rings. The Labute approximate surface area is 351 Å². The molecule has 0 heterocycles. The molecule has 0 radical (unpaired) electrons. The summed E-state index contributed by atoms with van der Waals surface area (Å²) in [5.41, 5.74) is 6.82. The van der Waals surface area contributed by atoms with Gasteiger partial charge in [0.2, 0.25) is 0 Å². The Bertz CT molecular complexity index is 1760. The van der Waals surface area contributed by atoms with Crippen molar-refractivity contribution in [3.63, 3.8) is 0 Å². The smallest absolute Gasteiger partial charge is 0.236 e. The second-order valence-corrected chi connectivity index (χ2v) is 17.6. The summed E-state index contributed by atoms with van der Waals surface area (Å²) in [6.07, 6.45) is 12.2. The maximum atomic E-state index is 14.2. The van der Waals surface area contributed by atoms with Crippen molar-refractivity contribution in [3.8, 4) is 22.3 Å². The fourth-order valence-corrected chi connectivity index (χ4v) is 9.46.